The molecule has 1 heterocycles. The highest BCUT2D eigenvalue weighted by Gasteiger charge is 2.36. The van der Waals surface area contributed by atoms with Crippen LogP contribution in [0.3, 0.4) is 0 Å². The Bertz CT molecular complexity index is 473. The van der Waals surface area contributed by atoms with Crippen LogP contribution in [-0.2, 0) is 11.5 Å². The first kappa shape index (κ1) is 15.7. The predicted molar refractivity (Wildman–Crippen MR) is 79.3 cm³/mol. The zero-order valence-electron chi connectivity index (χ0n) is 11.7. The van der Waals surface area contributed by atoms with Crippen LogP contribution in [-0.4, -0.2) is 12.6 Å². The predicted octanol–water partition coefficient (Wildman–Crippen LogP) is 5.23. The van der Waals surface area contributed by atoms with Crippen molar-refractivity contribution in [2.75, 3.05) is 11.4 Å². The van der Waals surface area contributed by atoms with Crippen molar-refractivity contribution in [2.45, 2.75) is 44.2 Å². The van der Waals surface area contributed by atoms with Gasteiger partial charge in [-0.3, -0.25) is 0 Å². The molecule has 2 rings (SSSR count). The summed E-state index contributed by atoms with van der Waals surface area (Å²) in [5, 5.41) is 0.433. The van der Waals surface area contributed by atoms with Gasteiger partial charge in [0.25, 0.3) is 0 Å². The third-order valence-corrected chi connectivity index (χ3v) is 4.62. The fraction of sp³-hybridized carbons (Fsp3) is 0.600. The third kappa shape index (κ3) is 3.30. The highest BCUT2D eigenvalue weighted by Crippen LogP contribution is 2.40. The lowest BCUT2D eigenvalue weighted by molar-refractivity contribution is -0.137. The van der Waals surface area contributed by atoms with E-state index in [0.717, 1.165) is 12.8 Å². The fourth-order valence-corrected chi connectivity index (χ4v) is 3.26. The molecule has 0 aromatic heterocycles. The maximum atomic E-state index is 13.3. The highest BCUT2D eigenvalue weighted by molar-refractivity contribution is 9.08. The Kier molecular flexibility index (Phi) is 4.67. The second-order valence-electron chi connectivity index (χ2n) is 5.65. The summed E-state index contributed by atoms with van der Waals surface area (Å²) in [5.74, 6) is 0.581. The summed E-state index contributed by atoms with van der Waals surface area (Å²) >= 11 is 3.22. The molecule has 1 aliphatic heterocycles. The molecular formula is C15H19BrF3N. The molecule has 0 amide bonds. The van der Waals surface area contributed by atoms with E-state index in [4.69, 9.17) is 0 Å². The summed E-state index contributed by atoms with van der Waals surface area (Å²) in [6.45, 7) is 4.86. The van der Waals surface area contributed by atoms with Gasteiger partial charge < -0.3 is 4.90 Å². The molecule has 112 valence electrons. The van der Waals surface area contributed by atoms with Crippen LogP contribution in [0.5, 0.6) is 0 Å². The molecule has 0 bridgehead atoms. The molecule has 1 aliphatic rings. The van der Waals surface area contributed by atoms with E-state index in [1.807, 2.05) is 11.8 Å². The number of benzene rings is 1. The summed E-state index contributed by atoms with van der Waals surface area (Å²) in [5.41, 5.74) is 0.455. The molecule has 0 N–H and O–H groups in total. The van der Waals surface area contributed by atoms with Gasteiger partial charge in [0, 0.05) is 23.6 Å². The van der Waals surface area contributed by atoms with Crippen molar-refractivity contribution in [3.8, 4) is 0 Å². The largest absolute Gasteiger partial charge is 0.418 e. The van der Waals surface area contributed by atoms with Gasteiger partial charge in [-0.2, -0.15) is 13.2 Å². The van der Waals surface area contributed by atoms with Crippen molar-refractivity contribution in [1.82, 2.24) is 0 Å². The fourth-order valence-electron chi connectivity index (χ4n) is 2.91. The molecule has 1 saturated heterocycles. The molecule has 0 saturated carbocycles. The molecule has 2 atom stereocenters. The first-order valence-electron chi connectivity index (χ1n) is 6.85. The van der Waals surface area contributed by atoms with Crippen LogP contribution < -0.4 is 4.90 Å². The van der Waals surface area contributed by atoms with E-state index in [1.165, 1.54) is 6.07 Å². The van der Waals surface area contributed by atoms with Gasteiger partial charge in [-0.1, -0.05) is 28.9 Å². The summed E-state index contributed by atoms with van der Waals surface area (Å²) in [6, 6.07) is 4.79. The molecule has 0 spiro atoms. The van der Waals surface area contributed by atoms with Gasteiger partial charge in [-0.25, -0.2) is 0 Å². The number of hydrogen-bond acceptors (Lipinski definition) is 1. The molecular weight excluding hydrogens is 331 g/mol. The van der Waals surface area contributed by atoms with E-state index in [9.17, 15) is 13.2 Å². The lowest BCUT2D eigenvalue weighted by Crippen LogP contribution is -2.41. The van der Waals surface area contributed by atoms with Gasteiger partial charge in [-0.15, -0.1) is 0 Å². The SMILES string of the molecule is CC1CCN(c2ccc(CBr)cc2C(F)(F)F)C(C)C1. The van der Waals surface area contributed by atoms with E-state index in [-0.39, 0.29) is 6.04 Å². The second-order valence-corrected chi connectivity index (χ2v) is 6.22. The van der Waals surface area contributed by atoms with Crippen molar-refractivity contribution in [2.24, 2.45) is 5.92 Å². The van der Waals surface area contributed by atoms with Crippen LogP contribution >= 0.6 is 15.9 Å². The number of alkyl halides is 4. The van der Waals surface area contributed by atoms with Crippen LogP contribution in [0.15, 0.2) is 18.2 Å². The van der Waals surface area contributed by atoms with E-state index >= 15 is 0 Å². The number of nitrogens with zero attached hydrogens (tertiary/aromatic N) is 1. The van der Waals surface area contributed by atoms with Gasteiger partial charge >= 0.3 is 6.18 Å². The van der Waals surface area contributed by atoms with Crippen molar-refractivity contribution in [1.29, 1.82) is 0 Å². The van der Waals surface area contributed by atoms with Crippen LogP contribution in [0, 0.1) is 5.92 Å². The van der Waals surface area contributed by atoms with E-state index in [2.05, 4.69) is 22.9 Å². The molecule has 0 radical (unpaired) electrons. The standard InChI is InChI=1S/C15H19BrF3N/c1-10-5-6-20(11(2)7-10)14-4-3-12(9-16)8-13(14)15(17,18)19/h3-4,8,10-11H,5-7,9H2,1-2H3. The summed E-state index contributed by atoms with van der Waals surface area (Å²) in [6.07, 6.45) is -2.42. The van der Waals surface area contributed by atoms with Gasteiger partial charge in [0.05, 0.1) is 5.56 Å². The Morgan fingerprint density at radius 2 is 2.00 bits per heavy atom. The monoisotopic (exact) mass is 349 g/mol. The van der Waals surface area contributed by atoms with Crippen molar-refractivity contribution in [3.05, 3.63) is 29.3 Å². The molecule has 1 aromatic rings. The quantitative estimate of drug-likeness (QED) is 0.661. The first-order chi connectivity index (χ1) is 9.32. The van der Waals surface area contributed by atoms with Gasteiger partial charge in [0.2, 0.25) is 0 Å². The average molecular weight is 350 g/mol. The Labute approximate surface area is 126 Å². The Morgan fingerprint density at radius 3 is 2.55 bits per heavy atom. The number of halogens is 4. The van der Waals surface area contributed by atoms with Crippen molar-refractivity contribution < 1.29 is 13.2 Å². The lowest BCUT2D eigenvalue weighted by atomic mass is 9.92. The van der Waals surface area contributed by atoms with Crippen LogP contribution in [0.4, 0.5) is 18.9 Å². The van der Waals surface area contributed by atoms with E-state index < -0.39 is 11.7 Å². The Morgan fingerprint density at radius 1 is 1.30 bits per heavy atom. The van der Waals surface area contributed by atoms with E-state index in [1.54, 1.807) is 12.1 Å². The van der Waals surface area contributed by atoms with Gasteiger partial charge in [0.15, 0.2) is 0 Å². The smallest absolute Gasteiger partial charge is 0.368 e. The van der Waals surface area contributed by atoms with Crippen molar-refractivity contribution >= 4 is 21.6 Å². The zero-order chi connectivity index (χ0) is 14.9. The van der Waals surface area contributed by atoms with Crippen LogP contribution in [0.25, 0.3) is 0 Å². The van der Waals surface area contributed by atoms with E-state index in [0.29, 0.717) is 29.0 Å². The molecule has 2 unspecified atom stereocenters. The maximum absolute atomic E-state index is 13.3. The number of hydrogen-bond donors (Lipinski definition) is 0. The Balaban J connectivity index is 2.40. The number of anilines is 1. The lowest BCUT2D eigenvalue weighted by Gasteiger charge is -2.39. The van der Waals surface area contributed by atoms with Crippen molar-refractivity contribution in [3.63, 3.8) is 0 Å². The Hall–Kier alpha value is -0.710. The third-order valence-electron chi connectivity index (χ3n) is 3.97. The maximum Gasteiger partial charge on any atom is 0.418 e. The molecule has 1 aromatic carbocycles. The van der Waals surface area contributed by atoms with Crippen LogP contribution in [0.2, 0.25) is 0 Å². The zero-order valence-corrected chi connectivity index (χ0v) is 13.3. The summed E-state index contributed by atoms with van der Waals surface area (Å²) in [7, 11) is 0. The highest BCUT2D eigenvalue weighted by atomic mass is 79.9. The first-order valence-corrected chi connectivity index (χ1v) is 7.97. The molecule has 1 nitrogen and oxygen atoms in total. The average Bonchev–Trinajstić information content (AvgIpc) is 2.37. The van der Waals surface area contributed by atoms with Crippen LogP contribution in [0.1, 0.15) is 37.8 Å². The van der Waals surface area contributed by atoms with Gasteiger partial charge in [0.1, 0.15) is 0 Å². The second kappa shape index (κ2) is 5.96. The van der Waals surface area contributed by atoms with Gasteiger partial charge in [-0.05, 0) is 43.4 Å². The molecule has 20 heavy (non-hydrogen) atoms. The summed E-state index contributed by atoms with van der Waals surface area (Å²) in [4.78, 5) is 1.90. The summed E-state index contributed by atoms with van der Waals surface area (Å²) < 4.78 is 39.8. The molecule has 5 heteroatoms. The molecule has 0 aliphatic carbocycles. The number of piperidine rings is 1. The molecule has 1 fully saturated rings. The minimum absolute atomic E-state index is 0.148. The minimum atomic E-state index is -4.31. The normalized spacial score (nSPS) is 24.0. The number of rotatable bonds is 2. The minimum Gasteiger partial charge on any atom is -0.368 e. The topological polar surface area (TPSA) is 3.24 Å².